The third-order valence-electron chi connectivity index (χ3n) is 3.01. The van der Waals surface area contributed by atoms with Gasteiger partial charge in [-0.05, 0) is 26.3 Å². The lowest BCUT2D eigenvalue weighted by Crippen LogP contribution is -2.12. The Morgan fingerprint density at radius 2 is 2.15 bits per heavy atom. The quantitative estimate of drug-likeness (QED) is 0.841. The van der Waals surface area contributed by atoms with Crippen LogP contribution in [0.3, 0.4) is 0 Å². The van der Waals surface area contributed by atoms with Gasteiger partial charge in [0.1, 0.15) is 18.9 Å². The molecule has 1 N–H and O–H groups in total. The van der Waals surface area contributed by atoms with Gasteiger partial charge < -0.3 is 4.98 Å². The molecule has 0 unspecified atom stereocenters. The predicted octanol–water partition coefficient (Wildman–Crippen LogP) is 1.18. The monoisotopic (exact) mass is 271 g/mol. The molecule has 7 nitrogen and oxygen atoms in total. The van der Waals surface area contributed by atoms with Gasteiger partial charge in [-0.3, -0.25) is 9.59 Å². The summed E-state index contributed by atoms with van der Waals surface area (Å²) in [6.45, 7) is 4.92. The van der Waals surface area contributed by atoms with E-state index in [4.69, 9.17) is 5.26 Å². The lowest BCUT2D eigenvalue weighted by molar-refractivity contribution is 0.0962. The minimum atomic E-state index is -0.215. The molecule has 0 amide bonds. The van der Waals surface area contributed by atoms with Crippen molar-refractivity contribution >= 4 is 11.6 Å². The lowest BCUT2D eigenvalue weighted by Gasteiger charge is -2.00. The maximum Gasteiger partial charge on any atom is 0.252 e. The molecule has 0 fully saturated rings. The normalized spacial score (nSPS) is 10.3. The Morgan fingerprint density at radius 1 is 1.45 bits per heavy atom. The van der Waals surface area contributed by atoms with E-state index in [0.29, 0.717) is 22.5 Å². The van der Waals surface area contributed by atoms with Crippen molar-refractivity contribution in [3.05, 3.63) is 34.7 Å². The zero-order chi connectivity index (χ0) is 14.9. The number of Topliss-reactive ketones (excluding diaryl/α,β-unsaturated/α-hetero) is 2. The van der Waals surface area contributed by atoms with Crippen LogP contribution in [-0.4, -0.2) is 31.3 Å². The van der Waals surface area contributed by atoms with Crippen LogP contribution in [0.1, 0.15) is 44.9 Å². The third-order valence-corrected chi connectivity index (χ3v) is 3.01. The molecule has 0 saturated heterocycles. The number of carbonyl (C=O) groups excluding carboxylic acids is 2. The van der Waals surface area contributed by atoms with Crippen LogP contribution in [-0.2, 0) is 6.54 Å². The second kappa shape index (κ2) is 5.09. The maximum absolute atomic E-state index is 12.2. The van der Waals surface area contributed by atoms with Crippen LogP contribution in [0, 0.1) is 25.2 Å². The van der Waals surface area contributed by atoms with Crippen molar-refractivity contribution in [3.8, 4) is 6.07 Å². The number of H-pyrrole nitrogens is 1. The van der Waals surface area contributed by atoms with Crippen molar-refractivity contribution < 1.29 is 9.59 Å². The maximum atomic E-state index is 12.2. The van der Waals surface area contributed by atoms with E-state index in [0.717, 1.165) is 0 Å². The van der Waals surface area contributed by atoms with Crippen molar-refractivity contribution in [2.75, 3.05) is 0 Å². The molecule has 2 aromatic rings. The number of ketones is 2. The van der Waals surface area contributed by atoms with Crippen LogP contribution in [0.5, 0.6) is 0 Å². The first-order valence-electron chi connectivity index (χ1n) is 5.97. The molecule has 20 heavy (non-hydrogen) atoms. The number of aromatic nitrogens is 4. The molecule has 0 radical (unpaired) electrons. The first kappa shape index (κ1) is 13.7. The molecule has 0 bridgehead atoms. The van der Waals surface area contributed by atoms with Crippen molar-refractivity contribution in [2.24, 2.45) is 0 Å². The van der Waals surface area contributed by atoms with Gasteiger partial charge in [0, 0.05) is 11.3 Å². The highest BCUT2D eigenvalue weighted by molar-refractivity contribution is 6.03. The van der Waals surface area contributed by atoms with Crippen LogP contribution >= 0.6 is 0 Å². The Bertz CT molecular complexity index is 733. The van der Waals surface area contributed by atoms with E-state index >= 15 is 0 Å². The van der Waals surface area contributed by atoms with Crippen LogP contribution in [0.4, 0.5) is 0 Å². The Balaban J connectivity index is 2.28. The summed E-state index contributed by atoms with van der Waals surface area (Å²) in [4.78, 5) is 30.4. The van der Waals surface area contributed by atoms with Crippen LogP contribution in [0.15, 0.2) is 6.33 Å². The summed E-state index contributed by atoms with van der Waals surface area (Å²) in [5.74, 6) is -0.281. The molecule has 0 saturated carbocycles. The number of nitrogens with one attached hydrogen (secondary N) is 1. The Kier molecular flexibility index (Phi) is 3.48. The van der Waals surface area contributed by atoms with E-state index < -0.39 is 0 Å². The van der Waals surface area contributed by atoms with Gasteiger partial charge in [-0.1, -0.05) is 0 Å². The summed E-state index contributed by atoms with van der Waals surface area (Å²) in [6.07, 6.45) is 1.33. The largest absolute Gasteiger partial charge is 0.355 e. The van der Waals surface area contributed by atoms with E-state index in [-0.39, 0.29) is 23.9 Å². The number of hydrogen-bond donors (Lipinski definition) is 1. The summed E-state index contributed by atoms with van der Waals surface area (Å²) in [7, 11) is 0. The van der Waals surface area contributed by atoms with Gasteiger partial charge in [-0.25, -0.2) is 9.67 Å². The first-order valence-corrected chi connectivity index (χ1v) is 5.97. The molecule has 2 heterocycles. The van der Waals surface area contributed by atoms with Crippen LogP contribution in [0.2, 0.25) is 0 Å². The molecular formula is C13H13N5O2. The van der Waals surface area contributed by atoms with E-state index in [1.165, 1.54) is 17.9 Å². The molecule has 0 spiro atoms. The SMILES string of the molecule is CC(=O)c1c(C)[nH]c(C(=O)Cn2cnc(C#N)n2)c1C. The van der Waals surface area contributed by atoms with E-state index in [2.05, 4.69) is 15.1 Å². The number of carbonyl (C=O) groups is 2. The number of nitrogens with zero attached hydrogens (tertiary/aromatic N) is 4. The van der Waals surface area contributed by atoms with Gasteiger partial charge in [0.05, 0.1) is 5.69 Å². The summed E-state index contributed by atoms with van der Waals surface area (Å²) in [5, 5.41) is 12.5. The van der Waals surface area contributed by atoms with Gasteiger partial charge in [0.25, 0.3) is 5.82 Å². The van der Waals surface area contributed by atoms with Gasteiger partial charge in [-0.2, -0.15) is 5.26 Å². The van der Waals surface area contributed by atoms with Gasteiger partial charge in [0.2, 0.25) is 5.78 Å². The fourth-order valence-electron chi connectivity index (χ4n) is 2.21. The fraction of sp³-hybridized carbons (Fsp3) is 0.308. The minimum Gasteiger partial charge on any atom is -0.355 e. The average molecular weight is 271 g/mol. The van der Waals surface area contributed by atoms with Gasteiger partial charge >= 0.3 is 0 Å². The van der Waals surface area contributed by atoms with Crippen molar-refractivity contribution in [1.82, 2.24) is 19.7 Å². The predicted molar refractivity (Wildman–Crippen MR) is 69.3 cm³/mol. The second-order valence-corrected chi connectivity index (χ2v) is 4.48. The molecule has 102 valence electrons. The van der Waals surface area contributed by atoms with Gasteiger partial charge in [0.15, 0.2) is 5.78 Å². The van der Waals surface area contributed by atoms with Crippen molar-refractivity contribution in [3.63, 3.8) is 0 Å². The lowest BCUT2D eigenvalue weighted by atomic mass is 10.1. The topological polar surface area (TPSA) is 104 Å². The molecule has 0 atom stereocenters. The zero-order valence-electron chi connectivity index (χ0n) is 11.4. The molecule has 0 aliphatic carbocycles. The number of aromatic amines is 1. The van der Waals surface area contributed by atoms with Crippen molar-refractivity contribution in [2.45, 2.75) is 27.3 Å². The molecule has 0 aromatic carbocycles. The molecule has 2 aromatic heterocycles. The molecule has 0 aliphatic rings. The average Bonchev–Trinajstić information content (AvgIpc) is 2.93. The number of hydrogen-bond acceptors (Lipinski definition) is 5. The molecule has 0 aliphatic heterocycles. The van der Waals surface area contributed by atoms with Crippen molar-refractivity contribution in [1.29, 1.82) is 5.26 Å². The Morgan fingerprint density at radius 3 is 2.65 bits per heavy atom. The minimum absolute atomic E-state index is 0.0154. The van der Waals surface area contributed by atoms with Crippen LogP contribution in [0.25, 0.3) is 0 Å². The number of aryl methyl sites for hydroxylation is 1. The first-order chi connectivity index (χ1) is 9.43. The number of nitriles is 1. The summed E-state index contributed by atoms with van der Waals surface area (Å²) in [6, 6.07) is 1.79. The fourth-order valence-corrected chi connectivity index (χ4v) is 2.21. The second-order valence-electron chi connectivity index (χ2n) is 4.48. The zero-order valence-corrected chi connectivity index (χ0v) is 11.4. The molecular weight excluding hydrogens is 258 g/mol. The highest BCUT2D eigenvalue weighted by atomic mass is 16.1. The number of rotatable bonds is 4. The standard InChI is InChI=1S/C13H13N5O2/c1-7-12(9(3)19)8(2)16-13(7)10(20)5-18-6-15-11(4-14)17-18/h6,16H,5H2,1-3H3. The highest BCUT2D eigenvalue weighted by Gasteiger charge is 2.20. The summed E-state index contributed by atoms with van der Waals surface area (Å²) >= 11 is 0. The van der Waals surface area contributed by atoms with E-state index in [9.17, 15) is 9.59 Å². The van der Waals surface area contributed by atoms with Crippen LogP contribution < -0.4 is 0 Å². The highest BCUT2D eigenvalue weighted by Crippen LogP contribution is 2.19. The molecule has 7 heteroatoms. The molecule has 2 rings (SSSR count). The third kappa shape index (κ3) is 2.36. The summed E-state index contributed by atoms with van der Waals surface area (Å²) in [5.41, 5.74) is 2.25. The Labute approximate surface area is 115 Å². The van der Waals surface area contributed by atoms with E-state index in [1.807, 2.05) is 0 Å². The Hall–Kier alpha value is -2.75. The smallest absolute Gasteiger partial charge is 0.252 e. The summed E-state index contributed by atoms with van der Waals surface area (Å²) < 4.78 is 1.30. The van der Waals surface area contributed by atoms with E-state index in [1.54, 1.807) is 19.9 Å². The van der Waals surface area contributed by atoms with Gasteiger partial charge in [-0.15, -0.1) is 5.10 Å².